The average Bonchev–Trinajstić information content (AvgIpc) is 2.74. The van der Waals surface area contributed by atoms with Gasteiger partial charge in [-0.25, -0.2) is 9.59 Å². The van der Waals surface area contributed by atoms with Crippen LogP contribution in [0.4, 0.5) is 0 Å². The largest absolute Gasteiger partial charge is 0.478 e. The van der Waals surface area contributed by atoms with Crippen molar-refractivity contribution >= 4 is 55.0 Å². The van der Waals surface area contributed by atoms with E-state index in [1.165, 1.54) is 0 Å². The third-order valence-corrected chi connectivity index (χ3v) is 5.61. The summed E-state index contributed by atoms with van der Waals surface area (Å²) >= 11 is 0. The van der Waals surface area contributed by atoms with E-state index in [2.05, 4.69) is 6.07 Å². The number of esters is 1. The van der Waals surface area contributed by atoms with Crippen LogP contribution in [0.5, 0.6) is 0 Å². The van der Waals surface area contributed by atoms with Crippen LogP contribution in [0.15, 0.2) is 60.7 Å². The van der Waals surface area contributed by atoms with E-state index in [0.29, 0.717) is 5.39 Å². The van der Waals surface area contributed by atoms with Crippen molar-refractivity contribution in [1.29, 1.82) is 0 Å². The van der Waals surface area contributed by atoms with E-state index >= 15 is 0 Å². The molecule has 0 aromatic heterocycles. The van der Waals surface area contributed by atoms with Crippen molar-refractivity contribution in [3.8, 4) is 0 Å². The number of rotatable bonds is 4. The fourth-order valence-corrected chi connectivity index (χ4v) is 4.43. The first kappa shape index (κ1) is 18.4. The monoisotopic (exact) mass is 396 g/mol. The zero-order valence-electron chi connectivity index (χ0n) is 16.7. The molecule has 4 heteroatoms. The highest BCUT2D eigenvalue weighted by Crippen LogP contribution is 2.42. The molecular weight excluding hydrogens is 376 g/mol. The molecule has 0 amide bonds. The molecule has 1 N–H and O–H groups in total. The molecule has 5 aromatic carbocycles. The number of ether oxygens (including phenoxy) is 1. The van der Waals surface area contributed by atoms with Crippen molar-refractivity contribution in [2.24, 2.45) is 5.92 Å². The van der Waals surface area contributed by atoms with Crippen molar-refractivity contribution < 1.29 is 19.4 Å². The molecule has 5 rings (SSSR count). The van der Waals surface area contributed by atoms with Crippen LogP contribution in [0.25, 0.3) is 43.1 Å². The Morgan fingerprint density at radius 2 is 1.43 bits per heavy atom. The second-order valence-electron chi connectivity index (χ2n) is 8.08. The number of benzene rings is 5. The molecule has 4 nitrogen and oxygen atoms in total. The summed E-state index contributed by atoms with van der Waals surface area (Å²) in [6.45, 7) is 4.13. The first-order valence-electron chi connectivity index (χ1n) is 10.00. The number of carbonyl (C=O) groups is 2. The molecule has 0 aliphatic rings. The number of hydrogen-bond donors (Lipinski definition) is 1. The summed E-state index contributed by atoms with van der Waals surface area (Å²) in [6, 6.07) is 19.5. The van der Waals surface area contributed by atoms with E-state index < -0.39 is 11.9 Å². The van der Waals surface area contributed by atoms with Crippen LogP contribution in [-0.2, 0) is 4.74 Å². The summed E-state index contributed by atoms with van der Waals surface area (Å²) in [6.07, 6.45) is 0. The summed E-state index contributed by atoms with van der Waals surface area (Å²) in [4.78, 5) is 25.3. The number of aromatic carboxylic acids is 1. The van der Waals surface area contributed by atoms with Gasteiger partial charge in [0, 0.05) is 5.39 Å². The molecule has 0 spiro atoms. The summed E-state index contributed by atoms with van der Waals surface area (Å²) < 4.78 is 5.42. The first-order valence-corrected chi connectivity index (χ1v) is 10.00. The molecule has 0 heterocycles. The Hall–Kier alpha value is -3.66. The summed E-state index contributed by atoms with van der Waals surface area (Å²) in [7, 11) is 0. The lowest BCUT2D eigenvalue weighted by molar-refractivity contribution is 0.0451. The van der Waals surface area contributed by atoms with Gasteiger partial charge >= 0.3 is 11.9 Å². The van der Waals surface area contributed by atoms with Crippen LogP contribution >= 0.6 is 0 Å². The molecular formula is C26H20O4. The zero-order valence-corrected chi connectivity index (χ0v) is 16.7. The number of carboxylic acids is 1. The molecule has 0 fully saturated rings. The van der Waals surface area contributed by atoms with Gasteiger partial charge in [-0.3, -0.25) is 0 Å². The highest BCUT2D eigenvalue weighted by atomic mass is 16.5. The lowest BCUT2D eigenvalue weighted by Gasteiger charge is -2.18. The lowest BCUT2D eigenvalue weighted by atomic mass is 9.86. The maximum Gasteiger partial charge on any atom is 0.339 e. The molecule has 0 aliphatic heterocycles. The van der Waals surface area contributed by atoms with Gasteiger partial charge in [-0.1, -0.05) is 68.4 Å². The second-order valence-corrected chi connectivity index (χ2v) is 8.08. The molecule has 30 heavy (non-hydrogen) atoms. The normalized spacial score (nSPS) is 11.8. The van der Waals surface area contributed by atoms with E-state index in [0.717, 1.165) is 37.7 Å². The van der Waals surface area contributed by atoms with E-state index in [1.54, 1.807) is 6.07 Å². The molecule has 0 radical (unpaired) electrons. The van der Waals surface area contributed by atoms with Gasteiger partial charge in [0.2, 0.25) is 0 Å². The van der Waals surface area contributed by atoms with Crippen LogP contribution in [0.2, 0.25) is 0 Å². The van der Waals surface area contributed by atoms with Crippen molar-refractivity contribution in [3.05, 3.63) is 71.8 Å². The zero-order chi connectivity index (χ0) is 21.0. The minimum absolute atomic E-state index is 0.00529. The predicted octanol–water partition coefficient (Wildman–Crippen LogP) is 6.25. The van der Waals surface area contributed by atoms with Gasteiger partial charge in [0.1, 0.15) is 0 Å². The van der Waals surface area contributed by atoms with Crippen LogP contribution < -0.4 is 0 Å². The Morgan fingerprint density at radius 1 is 0.833 bits per heavy atom. The Labute approximate surface area is 173 Å². The van der Waals surface area contributed by atoms with Gasteiger partial charge < -0.3 is 9.84 Å². The second kappa shape index (κ2) is 6.70. The van der Waals surface area contributed by atoms with Crippen molar-refractivity contribution in [3.63, 3.8) is 0 Å². The Kier molecular flexibility index (Phi) is 4.10. The molecule has 0 saturated carbocycles. The highest BCUT2D eigenvalue weighted by Gasteiger charge is 2.25. The summed E-state index contributed by atoms with van der Waals surface area (Å²) in [5.41, 5.74) is 0.102. The van der Waals surface area contributed by atoms with E-state index in [-0.39, 0.29) is 23.7 Å². The fourth-order valence-electron chi connectivity index (χ4n) is 4.43. The third kappa shape index (κ3) is 2.61. The Morgan fingerprint density at radius 3 is 2.07 bits per heavy atom. The fraction of sp³-hybridized carbons (Fsp3) is 0.154. The van der Waals surface area contributed by atoms with Gasteiger partial charge in [0.15, 0.2) is 0 Å². The first-order chi connectivity index (χ1) is 14.5. The number of fused-ring (bicyclic) bond motifs is 2. The van der Waals surface area contributed by atoms with Crippen molar-refractivity contribution in [1.82, 2.24) is 0 Å². The lowest BCUT2D eigenvalue weighted by Crippen LogP contribution is -2.15. The molecule has 0 atom stereocenters. The van der Waals surface area contributed by atoms with Crippen LogP contribution in [0, 0.1) is 5.92 Å². The van der Waals surface area contributed by atoms with Gasteiger partial charge in [-0.05, 0) is 49.7 Å². The predicted molar refractivity (Wildman–Crippen MR) is 120 cm³/mol. The molecule has 0 bridgehead atoms. The molecule has 0 unspecified atom stereocenters. The van der Waals surface area contributed by atoms with Crippen molar-refractivity contribution in [2.75, 3.05) is 6.61 Å². The number of carbonyl (C=O) groups excluding carboxylic acids is 1. The highest BCUT2D eigenvalue weighted by molar-refractivity contribution is 6.36. The van der Waals surface area contributed by atoms with Crippen LogP contribution in [-0.4, -0.2) is 23.7 Å². The quantitative estimate of drug-likeness (QED) is 0.222. The average molecular weight is 396 g/mol. The summed E-state index contributed by atoms with van der Waals surface area (Å²) in [5, 5.41) is 17.4. The van der Waals surface area contributed by atoms with E-state index in [4.69, 9.17) is 4.74 Å². The van der Waals surface area contributed by atoms with E-state index in [1.807, 2.05) is 62.4 Å². The summed E-state index contributed by atoms with van der Waals surface area (Å²) in [5.74, 6) is -1.57. The van der Waals surface area contributed by atoms with Gasteiger partial charge in [0.05, 0.1) is 17.7 Å². The minimum Gasteiger partial charge on any atom is -0.478 e. The van der Waals surface area contributed by atoms with Crippen LogP contribution in [0.3, 0.4) is 0 Å². The maximum absolute atomic E-state index is 12.9. The van der Waals surface area contributed by atoms with Gasteiger partial charge in [-0.15, -0.1) is 0 Å². The topological polar surface area (TPSA) is 63.6 Å². The molecule has 5 aromatic rings. The van der Waals surface area contributed by atoms with Gasteiger partial charge in [-0.2, -0.15) is 0 Å². The number of carboxylic acid groups (broad SMARTS) is 1. The van der Waals surface area contributed by atoms with E-state index in [9.17, 15) is 14.7 Å². The van der Waals surface area contributed by atoms with Gasteiger partial charge in [0.25, 0.3) is 0 Å². The maximum atomic E-state index is 12.9. The van der Waals surface area contributed by atoms with Crippen LogP contribution in [0.1, 0.15) is 34.6 Å². The Bertz CT molecular complexity index is 1460. The minimum atomic E-state index is -1.13. The standard InChI is InChI=1S/C26H20O4/c1-14(2)13-30-26(29)20-12-16-8-5-10-18-17-9-3-6-15-7-4-11-19(21(15)17)23(22(16)18)24(20)25(27)28/h3-12,14H,13H2,1-2H3,(H,27,28). The van der Waals surface area contributed by atoms with Crippen molar-refractivity contribution in [2.45, 2.75) is 13.8 Å². The molecule has 0 saturated heterocycles. The third-order valence-electron chi connectivity index (χ3n) is 5.61. The number of hydrogen-bond acceptors (Lipinski definition) is 3. The molecule has 148 valence electrons. The smallest absolute Gasteiger partial charge is 0.339 e. The Balaban J connectivity index is 2.00. The molecule has 0 aliphatic carbocycles. The SMILES string of the molecule is CC(C)COC(=O)c1cc2cccc3c4cccc5cccc(c(c1C(=O)O)c23)c54.